The van der Waals surface area contributed by atoms with Crippen LogP contribution in [0.1, 0.15) is 25.1 Å². The molecule has 3 N–H and O–H groups in total. The van der Waals surface area contributed by atoms with Crippen molar-refractivity contribution in [2.75, 3.05) is 5.32 Å². The molecule has 2 aromatic rings. The van der Waals surface area contributed by atoms with Crippen LogP contribution < -0.4 is 5.32 Å². The van der Waals surface area contributed by atoms with Crippen molar-refractivity contribution in [2.45, 2.75) is 25.9 Å². The molecule has 1 aliphatic rings. The van der Waals surface area contributed by atoms with Crippen molar-refractivity contribution in [3.63, 3.8) is 0 Å². The number of carboxylic acid groups (broad SMARTS) is 1. The average Bonchev–Trinajstić information content (AvgIpc) is 2.92. The number of fused-ring (bicyclic) bond motifs is 1. The van der Waals surface area contributed by atoms with Crippen molar-refractivity contribution in [3.8, 4) is 0 Å². The molecule has 0 saturated heterocycles. The van der Waals surface area contributed by atoms with Gasteiger partial charge in [0.1, 0.15) is 6.33 Å². The SMILES string of the molecule is CC1(C)c2[nH]nc(Nc3ncncc3F)c2CN1C(=O)O. The lowest BCUT2D eigenvalue weighted by Crippen LogP contribution is -2.39. The molecule has 0 atom stereocenters. The molecule has 0 aromatic carbocycles. The van der Waals surface area contributed by atoms with Gasteiger partial charge in [-0.2, -0.15) is 5.10 Å². The fourth-order valence-electron chi connectivity index (χ4n) is 2.44. The summed E-state index contributed by atoms with van der Waals surface area (Å²) in [5.74, 6) is -0.257. The summed E-state index contributed by atoms with van der Waals surface area (Å²) in [6.45, 7) is 3.73. The van der Waals surface area contributed by atoms with Crippen molar-refractivity contribution in [1.82, 2.24) is 25.1 Å². The summed E-state index contributed by atoms with van der Waals surface area (Å²) in [5.41, 5.74) is 0.639. The van der Waals surface area contributed by atoms with Crippen LogP contribution in [0, 0.1) is 5.82 Å². The maximum Gasteiger partial charge on any atom is 0.408 e. The van der Waals surface area contributed by atoms with Crippen molar-refractivity contribution in [1.29, 1.82) is 0 Å². The molecule has 3 heterocycles. The first-order valence-electron chi connectivity index (χ1n) is 6.22. The third-order valence-corrected chi connectivity index (χ3v) is 3.61. The Morgan fingerprint density at radius 3 is 2.95 bits per heavy atom. The third kappa shape index (κ3) is 1.97. The van der Waals surface area contributed by atoms with Gasteiger partial charge in [-0.15, -0.1) is 0 Å². The number of H-pyrrole nitrogens is 1. The highest BCUT2D eigenvalue weighted by Gasteiger charge is 2.43. The van der Waals surface area contributed by atoms with Gasteiger partial charge in [-0.05, 0) is 13.8 Å². The Morgan fingerprint density at radius 1 is 1.52 bits per heavy atom. The molecule has 0 bridgehead atoms. The molecular weight excluding hydrogens is 279 g/mol. The van der Waals surface area contributed by atoms with E-state index < -0.39 is 17.4 Å². The van der Waals surface area contributed by atoms with Crippen molar-refractivity contribution in [3.05, 3.63) is 29.6 Å². The van der Waals surface area contributed by atoms with Gasteiger partial charge >= 0.3 is 6.09 Å². The molecule has 21 heavy (non-hydrogen) atoms. The largest absolute Gasteiger partial charge is 0.465 e. The molecule has 0 spiro atoms. The highest BCUT2D eigenvalue weighted by atomic mass is 19.1. The van der Waals surface area contributed by atoms with Gasteiger partial charge in [0.25, 0.3) is 0 Å². The summed E-state index contributed by atoms with van der Waals surface area (Å²) in [6, 6.07) is 0. The molecule has 0 aliphatic carbocycles. The normalized spacial score (nSPS) is 15.9. The molecular formula is C12H13FN6O2. The van der Waals surface area contributed by atoms with Crippen LogP contribution in [0.3, 0.4) is 0 Å². The van der Waals surface area contributed by atoms with Gasteiger partial charge in [-0.1, -0.05) is 0 Å². The highest BCUT2D eigenvalue weighted by molar-refractivity contribution is 5.70. The van der Waals surface area contributed by atoms with Gasteiger partial charge in [-0.3, -0.25) is 10.00 Å². The van der Waals surface area contributed by atoms with Crippen LogP contribution in [0.15, 0.2) is 12.5 Å². The van der Waals surface area contributed by atoms with E-state index in [0.717, 1.165) is 6.20 Å². The lowest BCUT2D eigenvalue weighted by molar-refractivity contribution is 0.0978. The van der Waals surface area contributed by atoms with Crippen molar-refractivity contribution < 1.29 is 14.3 Å². The Kier molecular flexibility index (Phi) is 2.78. The molecule has 110 valence electrons. The topological polar surface area (TPSA) is 107 Å². The van der Waals surface area contributed by atoms with Crippen LogP contribution in [-0.4, -0.2) is 36.3 Å². The van der Waals surface area contributed by atoms with Gasteiger partial charge in [0.2, 0.25) is 0 Å². The van der Waals surface area contributed by atoms with Gasteiger partial charge in [0.05, 0.1) is 24.0 Å². The number of hydrogen-bond acceptors (Lipinski definition) is 5. The second kappa shape index (κ2) is 4.40. The van der Waals surface area contributed by atoms with Crippen LogP contribution in [0.25, 0.3) is 0 Å². The number of nitrogens with zero attached hydrogens (tertiary/aromatic N) is 4. The molecule has 9 heteroatoms. The number of carbonyl (C=O) groups is 1. The number of rotatable bonds is 2. The number of hydrogen-bond donors (Lipinski definition) is 3. The van der Waals surface area contributed by atoms with Crippen LogP contribution in [-0.2, 0) is 12.1 Å². The van der Waals surface area contributed by atoms with E-state index in [0.29, 0.717) is 17.1 Å². The summed E-state index contributed by atoms with van der Waals surface area (Å²) in [5, 5.41) is 18.9. The Balaban J connectivity index is 1.96. The number of nitrogens with one attached hydrogen (secondary N) is 2. The minimum atomic E-state index is -1.02. The number of amides is 1. The van der Waals surface area contributed by atoms with Crippen LogP contribution in [0.2, 0.25) is 0 Å². The van der Waals surface area contributed by atoms with Crippen molar-refractivity contribution in [2.24, 2.45) is 0 Å². The third-order valence-electron chi connectivity index (χ3n) is 3.61. The van der Waals surface area contributed by atoms with E-state index in [4.69, 9.17) is 0 Å². The Morgan fingerprint density at radius 2 is 2.29 bits per heavy atom. The van der Waals surface area contributed by atoms with Gasteiger partial charge in [0, 0.05) is 5.56 Å². The maximum atomic E-state index is 13.6. The van der Waals surface area contributed by atoms with E-state index in [9.17, 15) is 14.3 Å². The fraction of sp³-hybridized carbons (Fsp3) is 0.333. The van der Waals surface area contributed by atoms with E-state index in [1.54, 1.807) is 13.8 Å². The van der Waals surface area contributed by atoms with Crippen LogP contribution in [0.5, 0.6) is 0 Å². The smallest absolute Gasteiger partial charge is 0.408 e. The number of aromatic amines is 1. The molecule has 1 amide bonds. The van der Waals surface area contributed by atoms with E-state index in [1.807, 2.05) is 0 Å². The number of halogens is 1. The molecule has 1 aliphatic heterocycles. The Bertz CT molecular complexity index is 714. The molecule has 0 unspecified atom stereocenters. The standard InChI is InChI=1S/C12H13FN6O2/c1-12(2)8-6(4-19(12)11(20)21)9(18-17-8)16-10-7(13)3-14-5-15-10/h3,5H,4H2,1-2H3,(H,20,21)(H2,14,15,16,17,18). The predicted octanol–water partition coefficient (Wildman–Crippen LogP) is 1.81. The number of anilines is 2. The first-order chi connectivity index (χ1) is 9.91. The minimum absolute atomic E-state index is 0.00844. The summed E-state index contributed by atoms with van der Waals surface area (Å²) >= 11 is 0. The predicted molar refractivity (Wildman–Crippen MR) is 70.5 cm³/mol. The van der Waals surface area contributed by atoms with E-state index in [2.05, 4.69) is 25.5 Å². The van der Waals surface area contributed by atoms with E-state index in [-0.39, 0.29) is 12.4 Å². The fourth-order valence-corrected chi connectivity index (χ4v) is 2.44. The zero-order chi connectivity index (χ0) is 15.2. The minimum Gasteiger partial charge on any atom is -0.465 e. The lowest BCUT2D eigenvalue weighted by atomic mass is 10.0. The van der Waals surface area contributed by atoms with E-state index >= 15 is 0 Å². The van der Waals surface area contributed by atoms with Crippen molar-refractivity contribution >= 4 is 17.7 Å². The molecule has 8 nitrogen and oxygen atoms in total. The zero-order valence-corrected chi connectivity index (χ0v) is 11.4. The summed E-state index contributed by atoms with van der Waals surface area (Å²) in [6.07, 6.45) is 1.23. The first-order valence-corrected chi connectivity index (χ1v) is 6.22. The van der Waals surface area contributed by atoms with E-state index in [1.165, 1.54) is 11.2 Å². The van der Waals surface area contributed by atoms with Gasteiger partial charge < -0.3 is 10.4 Å². The van der Waals surface area contributed by atoms with Gasteiger partial charge in [-0.25, -0.2) is 19.2 Å². The molecule has 0 radical (unpaired) electrons. The maximum absolute atomic E-state index is 13.6. The second-order valence-corrected chi connectivity index (χ2v) is 5.20. The summed E-state index contributed by atoms with van der Waals surface area (Å²) in [4.78, 5) is 19.9. The number of aromatic nitrogens is 4. The molecule has 0 saturated carbocycles. The Labute approximate surface area is 119 Å². The Hall–Kier alpha value is -2.71. The molecule has 2 aromatic heterocycles. The van der Waals surface area contributed by atoms with Gasteiger partial charge in [0.15, 0.2) is 17.5 Å². The summed E-state index contributed by atoms with van der Waals surface area (Å²) in [7, 11) is 0. The second-order valence-electron chi connectivity index (χ2n) is 5.20. The first kappa shape index (κ1) is 13.3. The monoisotopic (exact) mass is 292 g/mol. The van der Waals surface area contributed by atoms with Crippen LogP contribution in [0.4, 0.5) is 20.8 Å². The summed E-state index contributed by atoms with van der Waals surface area (Å²) < 4.78 is 13.6. The quantitative estimate of drug-likeness (QED) is 0.779. The molecule has 3 rings (SSSR count). The molecule has 0 fully saturated rings. The van der Waals surface area contributed by atoms with Crippen LogP contribution >= 0.6 is 0 Å². The zero-order valence-electron chi connectivity index (χ0n) is 11.4. The highest BCUT2D eigenvalue weighted by Crippen LogP contribution is 2.40. The average molecular weight is 292 g/mol. The lowest BCUT2D eigenvalue weighted by Gasteiger charge is -2.28.